The zero-order valence-corrected chi connectivity index (χ0v) is 10.8. The van der Waals surface area contributed by atoms with E-state index in [4.69, 9.17) is 0 Å². The summed E-state index contributed by atoms with van der Waals surface area (Å²) in [5.41, 5.74) is 1.64. The molecular formula is C11H10BrFN4. The minimum Gasteiger partial charge on any atom is -0.206 e. The number of benzene rings is 1. The summed E-state index contributed by atoms with van der Waals surface area (Å²) >= 11 is 3.17. The molecule has 0 bridgehead atoms. The van der Waals surface area contributed by atoms with Gasteiger partial charge in [-0.15, -0.1) is 5.10 Å². The Balaban J connectivity index is 2.14. The third-order valence-electron chi connectivity index (χ3n) is 2.90. The fraction of sp³-hybridized carbons (Fsp3) is 0.364. The number of aryl methyl sites for hydroxylation is 1. The van der Waals surface area contributed by atoms with Gasteiger partial charge in [-0.25, -0.2) is 4.39 Å². The molecule has 1 aromatic carbocycles. The van der Waals surface area contributed by atoms with Gasteiger partial charge >= 0.3 is 0 Å². The lowest BCUT2D eigenvalue weighted by Crippen LogP contribution is -2.05. The Kier molecular flexibility index (Phi) is 2.47. The summed E-state index contributed by atoms with van der Waals surface area (Å²) < 4.78 is 15.7. The quantitative estimate of drug-likeness (QED) is 0.856. The second-order valence-corrected chi connectivity index (χ2v) is 5.13. The van der Waals surface area contributed by atoms with Gasteiger partial charge in [0.2, 0.25) is 0 Å². The third-order valence-corrected chi connectivity index (χ3v) is 3.51. The number of tetrazole rings is 1. The molecule has 0 aliphatic heterocycles. The van der Waals surface area contributed by atoms with Gasteiger partial charge in [0, 0.05) is 12.0 Å². The molecule has 1 fully saturated rings. The number of halogens is 2. The first-order chi connectivity index (χ1) is 8.16. The van der Waals surface area contributed by atoms with Crippen LogP contribution in [0, 0.1) is 12.7 Å². The standard InChI is InChI=1S/C11H10BrFN4/c1-6-4-8(12)9(13)5-10(6)17-11(7-2-3-7)14-15-16-17/h4-5,7H,2-3H2,1H3. The summed E-state index contributed by atoms with van der Waals surface area (Å²) in [5, 5.41) is 11.7. The Labute approximate surface area is 106 Å². The Morgan fingerprint density at radius 3 is 2.88 bits per heavy atom. The van der Waals surface area contributed by atoms with Crippen LogP contribution in [0.15, 0.2) is 16.6 Å². The summed E-state index contributed by atoms with van der Waals surface area (Å²) in [5.74, 6) is 0.953. The van der Waals surface area contributed by atoms with E-state index in [1.165, 1.54) is 6.07 Å². The van der Waals surface area contributed by atoms with E-state index in [2.05, 4.69) is 31.5 Å². The molecule has 1 aliphatic rings. The summed E-state index contributed by atoms with van der Waals surface area (Å²) in [6, 6.07) is 3.20. The highest BCUT2D eigenvalue weighted by Crippen LogP contribution is 2.39. The van der Waals surface area contributed by atoms with E-state index in [9.17, 15) is 4.39 Å². The maximum Gasteiger partial charge on any atom is 0.159 e. The first-order valence-corrected chi connectivity index (χ1v) is 6.20. The van der Waals surface area contributed by atoms with Gasteiger partial charge in [-0.05, 0) is 57.8 Å². The van der Waals surface area contributed by atoms with Crippen molar-refractivity contribution >= 4 is 15.9 Å². The van der Waals surface area contributed by atoms with Gasteiger partial charge < -0.3 is 0 Å². The summed E-state index contributed by atoms with van der Waals surface area (Å²) in [6.07, 6.45) is 2.22. The fourth-order valence-corrected chi connectivity index (χ4v) is 2.28. The van der Waals surface area contributed by atoms with Gasteiger partial charge in [0.15, 0.2) is 5.82 Å². The third kappa shape index (κ3) is 1.86. The first-order valence-electron chi connectivity index (χ1n) is 5.41. The zero-order valence-electron chi connectivity index (χ0n) is 9.19. The molecule has 0 amide bonds. The van der Waals surface area contributed by atoms with Gasteiger partial charge in [-0.1, -0.05) is 0 Å². The van der Waals surface area contributed by atoms with Gasteiger partial charge in [-0.3, -0.25) is 0 Å². The van der Waals surface area contributed by atoms with Crippen molar-refractivity contribution < 1.29 is 4.39 Å². The minimum absolute atomic E-state index is 0.303. The van der Waals surface area contributed by atoms with E-state index in [0.29, 0.717) is 16.1 Å². The molecule has 1 heterocycles. The van der Waals surface area contributed by atoms with Crippen LogP contribution in [0.4, 0.5) is 4.39 Å². The Bertz CT molecular complexity index is 577. The van der Waals surface area contributed by atoms with Crippen LogP contribution in [0.1, 0.15) is 30.1 Å². The second kappa shape index (κ2) is 3.87. The van der Waals surface area contributed by atoms with E-state index in [0.717, 1.165) is 24.2 Å². The van der Waals surface area contributed by atoms with Gasteiger partial charge in [-0.2, -0.15) is 4.68 Å². The number of hydrogen-bond donors (Lipinski definition) is 0. The van der Waals surface area contributed by atoms with Crippen molar-refractivity contribution in [2.45, 2.75) is 25.7 Å². The van der Waals surface area contributed by atoms with E-state index in [1.807, 2.05) is 6.92 Å². The average molecular weight is 297 g/mol. The largest absolute Gasteiger partial charge is 0.206 e. The van der Waals surface area contributed by atoms with Crippen LogP contribution < -0.4 is 0 Å². The van der Waals surface area contributed by atoms with Crippen LogP contribution in [0.5, 0.6) is 0 Å². The smallest absolute Gasteiger partial charge is 0.159 e. The lowest BCUT2D eigenvalue weighted by Gasteiger charge is -2.08. The molecule has 0 atom stereocenters. The first kappa shape index (κ1) is 10.8. The monoisotopic (exact) mass is 296 g/mol. The van der Waals surface area contributed by atoms with Crippen molar-refractivity contribution in [2.75, 3.05) is 0 Å². The topological polar surface area (TPSA) is 43.6 Å². The van der Waals surface area contributed by atoms with Crippen molar-refractivity contribution in [3.8, 4) is 5.69 Å². The van der Waals surface area contributed by atoms with E-state index >= 15 is 0 Å². The molecule has 1 saturated carbocycles. The van der Waals surface area contributed by atoms with Gasteiger partial charge in [0.05, 0.1) is 10.2 Å². The highest BCUT2D eigenvalue weighted by Gasteiger charge is 2.30. The van der Waals surface area contributed by atoms with Crippen molar-refractivity contribution in [1.29, 1.82) is 0 Å². The van der Waals surface area contributed by atoms with Crippen molar-refractivity contribution in [3.63, 3.8) is 0 Å². The van der Waals surface area contributed by atoms with Crippen molar-refractivity contribution in [2.24, 2.45) is 0 Å². The number of rotatable bonds is 2. The molecule has 0 saturated heterocycles. The van der Waals surface area contributed by atoms with E-state index in [1.54, 1.807) is 10.7 Å². The Morgan fingerprint density at radius 2 is 2.18 bits per heavy atom. The summed E-state index contributed by atoms with van der Waals surface area (Å²) in [7, 11) is 0. The lowest BCUT2D eigenvalue weighted by atomic mass is 10.2. The molecule has 0 unspecified atom stereocenters. The molecule has 0 spiro atoms. The summed E-state index contributed by atoms with van der Waals surface area (Å²) in [6.45, 7) is 1.91. The van der Waals surface area contributed by atoms with Crippen molar-refractivity contribution in [1.82, 2.24) is 20.2 Å². The van der Waals surface area contributed by atoms with Gasteiger partial charge in [0.25, 0.3) is 0 Å². The molecule has 2 aromatic rings. The predicted molar refractivity (Wildman–Crippen MR) is 63.5 cm³/mol. The number of hydrogen-bond acceptors (Lipinski definition) is 3. The average Bonchev–Trinajstić information content (AvgIpc) is 3.02. The van der Waals surface area contributed by atoms with Crippen LogP contribution >= 0.6 is 15.9 Å². The van der Waals surface area contributed by atoms with Crippen LogP contribution in [-0.4, -0.2) is 20.2 Å². The predicted octanol–water partition coefficient (Wildman–Crippen LogP) is 2.75. The van der Waals surface area contributed by atoms with Crippen LogP contribution in [0.3, 0.4) is 0 Å². The number of nitrogens with zero attached hydrogens (tertiary/aromatic N) is 4. The second-order valence-electron chi connectivity index (χ2n) is 4.28. The van der Waals surface area contributed by atoms with Crippen molar-refractivity contribution in [3.05, 3.63) is 33.8 Å². The maximum atomic E-state index is 13.6. The molecule has 1 aromatic heterocycles. The highest BCUT2D eigenvalue weighted by atomic mass is 79.9. The molecule has 1 aliphatic carbocycles. The number of aromatic nitrogens is 4. The minimum atomic E-state index is -0.303. The van der Waals surface area contributed by atoms with Crippen LogP contribution in [0.25, 0.3) is 5.69 Å². The molecule has 6 heteroatoms. The van der Waals surface area contributed by atoms with E-state index < -0.39 is 0 Å². The highest BCUT2D eigenvalue weighted by molar-refractivity contribution is 9.10. The molecule has 0 N–H and O–H groups in total. The van der Waals surface area contributed by atoms with Crippen LogP contribution in [0.2, 0.25) is 0 Å². The molecule has 4 nitrogen and oxygen atoms in total. The molecule has 88 valence electrons. The molecule has 3 rings (SSSR count). The maximum absolute atomic E-state index is 13.6. The van der Waals surface area contributed by atoms with Gasteiger partial charge in [0.1, 0.15) is 5.82 Å². The Hall–Kier alpha value is -1.30. The fourth-order valence-electron chi connectivity index (χ4n) is 1.83. The molecular weight excluding hydrogens is 287 g/mol. The molecule has 17 heavy (non-hydrogen) atoms. The SMILES string of the molecule is Cc1cc(Br)c(F)cc1-n1nnnc1C1CC1. The normalized spacial score (nSPS) is 15.2. The lowest BCUT2D eigenvalue weighted by molar-refractivity contribution is 0.616. The summed E-state index contributed by atoms with van der Waals surface area (Å²) in [4.78, 5) is 0. The van der Waals surface area contributed by atoms with E-state index in [-0.39, 0.29) is 5.82 Å². The Morgan fingerprint density at radius 1 is 1.41 bits per heavy atom. The molecule has 0 radical (unpaired) electrons. The zero-order chi connectivity index (χ0) is 12.0. The van der Waals surface area contributed by atoms with Crippen LogP contribution in [-0.2, 0) is 0 Å².